The van der Waals surface area contributed by atoms with Crippen molar-refractivity contribution in [1.29, 1.82) is 5.26 Å². The third-order valence-corrected chi connectivity index (χ3v) is 4.84. The van der Waals surface area contributed by atoms with Crippen LogP contribution >= 0.6 is 23.3 Å². The fourth-order valence-corrected chi connectivity index (χ4v) is 3.27. The summed E-state index contributed by atoms with van der Waals surface area (Å²) in [5, 5.41) is 9.43. The number of nitrogens with zero attached hydrogens (tertiary/aromatic N) is 1. The largest absolute Gasteiger partial charge is 0.497 e. The SMILES string of the molecule is COc1ccc(C#N)c(SC)c1.COc1ccc2c(=O)[nH]sc2c1. The maximum Gasteiger partial charge on any atom is 0.265 e. The van der Waals surface area contributed by atoms with Gasteiger partial charge in [0.2, 0.25) is 0 Å². The molecule has 1 aromatic heterocycles. The van der Waals surface area contributed by atoms with Gasteiger partial charge >= 0.3 is 0 Å². The summed E-state index contributed by atoms with van der Waals surface area (Å²) < 4.78 is 13.6. The summed E-state index contributed by atoms with van der Waals surface area (Å²) in [6.07, 6.45) is 1.94. The molecule has 0 saturated heterocycles. The number of fused-ring (bicyclic) bond motifs is 1. The predicted molar refractivity (Wildman–Crippen MR) is 98.5 cm³/mol. The molecule has 3 rings (SSSR count). The van der Waals surface area contributed by atoms with Gasteiger partial charge in [-0.05, 0) is 42.7 Å². The van der Waals surface area contributed by atoms with Gasteiger partial charge in [-0.15, -0.1) is 11.8 Å². The number of thioether (sulfide) groups is 1. The summed E-state index contributed by atoms with van der Waals surface area (Å²) in [6.45, 7) is 0. The smallest absolute Gasteiger partial charge is 0.265 e. The topological polar surface area (TPSA) is 75.1 Å². The highest BCUT2D eigenvalue weighted by molar-refractivity contribution is 7.98. The van der Waals surface area contributed by atoms with Gasteiger partial charge in [0.15, 0.2) is 0 Å². The zero-order valence-electron chi connectivity index (χ0n) is 13.5. The first-order chi connectivity index (χ1) is 11.6. The molecular weight excluding hydrogens is 344 g/mol. The summed E-state index contributed by atoms with van der Waals surface area (Å²) in [6, 6.07) is 12.9. The van der Waals surface area contributed by atoms with Crippen molar-refractivity contribution in [3.63, 3.8) is 0 Å². The number of aromatic amines is 1. The Morgan fingerprint density at radius 1 is 1.12 bits per heavy atom. The zero-order chi connectivity index (χ0) is 17.5. The third kappa shape index (κ3) is 4.10. The van der Waals surface area contributed by atoms with Gasteiger partial charge in [-0.3, -0.25) is 9.17 Å². The van der Waals surface area contributed by atoms with E-state index in [0.717, 1.165) is 26.5 Å². The van der Waals surface area contributed by atoms with E-state index in [1.165, 1.54) is 11.5 Å². The van der Waals surface area contributed by atoms with Crippen molar-refractivity contribution in [2.75, 3.05) is 20.5 Å². The van der Waals surface area contributed by atoms with Crippen LogP contribution in [0, 0.1) is 11.3 Å². The average molecular weight is 360 g/mol. The van der Waals surface area contributed by atoms with Crippen LogP contribution in [0.3, 0.4) is 0 Å². The van der Waals surface area contributed by atoms with E-state index in [4.69, 9.17) is 14.7 Å². The highest BCUT2D eigenvalue weighted by Crippen LogP contribution is 2.24. The van der Waals surface area contributed by atoms with Crippen LogP contribution in [-0.2, 0) is 0 Å². The molecule has 0 amide bonds. The molecule has 0 spiro atoms. The van der Waals surface area contributed by atoms with Crippen LogP contribution in [0.15, 0.2) is 46.1 Å². The highest BCUT2D eigenvalue weighted by atomic mass is 32.2. The second kappa shape index (κ2) is 8.43. The van der Waals surface area contributed by atoms with Gasteiger partial charge in [-0.2, -0.15) is 5.26 Å². The third-order valence-electron chi connectivity index (χ3n) is 3.22. The molecular formula is C17H16N2O3S2. The molecule has 0 unspecified atom stereocenters. The van der Waals surface area contributed by atoms with Crippen LogP contribution < -0.4 is 15.0 Å². The van der Waals surface area contributed by atoms with Crippen LogP contribution in [0.4, 0.5) is 0 Å². The van der Waals surface area contributed by atoms with E-state index < -0.39 is 0 Å². The van der Waals surface area contributed by atoms with Crippen molar-refractivity contribution < 1.29 is 9.47 Å². The van der Waals surface area contributed by atoms with E-state index in [1.54, 1.807) is 50.2 Å². The number of hydrogen-bond acceptors (Lipinski definition) is 6. The molecule has 5 nitrogen and oxygen atoms in total. The second-order valence-electron chi connectivity index (χ2n) is 4.57. The first-order valence-corrected chi connectivity index (χ1v) is 8.94. The molecule has 0 radical (unpaired) electrons. The molecule has 0 saturated carbocycles. The highest BCUT2D eigenvalue weighted by Gasteiger charge is 2.02. The number of benzene rings is 2. The molecule has 0 atom stereocenters. The van der Waals surface area contributed by atoms with Crippen molar-refractivity contribution in [3.8, 4) is 17.6 Å². The lowest BCUT2D eigenvalue weighted by molar-refractivity contribution is 0.413. The van der Waals surface area contributed by atoms with Gasteiger partial charge in [0.25, 0.3) is 5.56 Å². The van der Waals surface area contributed by atoms with Gasteiger partial charge in [0.05, 0.1) is 29.9 Å². The van der Waals surface area contributed by atoms with Crippen molar-refractivity contribution in [3.05, 3.63) is 52.3 Å². The molecule has 0 bridgehead atoms. The molecule has 1 heterocycles. The Labute approximate surface area is 148 Å². The van der Waals surface area contributed by atoms with Crippen LogP contribution in [-0.4, -0.2) is 24.8 Å². The first kappa shape index (κ1) is 17.9. The van der Waals surface area contributed by atoms with Crippen molar-refractivity contribution in [1.82, 2.24) is 4.37 Å². The lowest BCUT2D eigenvalue weighted by atomic mass is 10.2. The minimum atomic E-state index is -0.0300. The standard InChI is InChI=1S/C9H9NOS.C8H7NO2S/c1-11-8-4-3-7(6-10)9(5-8)12-2;1-11-5-2-3-6-7(4-5)12-9-8(6)10/h3-5H,1-2H3;2-4H,1H3,(H,9,10). The number of nitriles is 1. The van der Waals surface area contributed by atoms with Gasteiger partial charge in [-0.25, -0.2) is 0 Å². The van der Waals surface area contributed by atoms with Gasteiger partial charge in [0, 0.05) is 4.90 Å². The van der Waals surface area contributed by atoms with E-state index in [9.17, 15) is 4.79 Å². The molecule has 24 heavy (non-hydrogen) atoms. The Kier molecular flexibility index (Phi) is 6.29. The van der Waals surface area contributed by atoms with Gasteiger partial charge < -0.3 is 9.47 Å². The normalized spacial score (nSPS) is 9.75. The quantitative estimate of drug-likeness (QED) is 0.717. The Hall–Kier alpha value is -2.43. The van der Waals surface area contributed by atoms with Crippen molar-refractivity contribution in [2.24, 2.45) is 0 Å². The molecule has 3 aromatic rings. The number of ether oxygens (including phenoxy) is 2. The predicted octanol–water partition coefficient (Wildman–Crippen LogP) is 3.89. The Balaban J connectivity index is 0.000000174. The van der Waals surface area contributed by atoms with Crippen LogP contribution in [0.25, 0.3) is 10.1 Å². The maximum atomic E-state index is 11.1. The molecule has 124 valence electrons. The molecule has 7 heteroatoms. The first-order valence-electron chi connectivity index (χ1n) is 6.90. The molecule has 0 aliphatic carbocycles. The summed E-state index contributed by atoms with van der Waals surface area (Å²) in [4.78, 5) is 12.0. The molecule has 0 fully saturated rings. The van der Waals surface area contributed by atoms with Crippen molar-refractivity contribution in [2.45, 2.75) is 4.90 Å². The molecule has 0 aliphatic rings. The Morgan fingerprint density at radius 2 is 1.79 bits per heavy atom. The van der Waals surface area contributed by atoms with E-state index in [-0.39, 0.29) is 5.56 Å². The number of H-pyrrole nitrogens is 1. The number of nitrogens with one attached hydrogen (secondary N) is 1. The van der Waals surface area contributed by atoms with Crippen LogP contribution in [0.5, 0.6) is 11.5 Å². The fourth-order valence-electron chi connectivity index (χ4n) is 1.95. The molecule has 1 N–H and O–H groups in total. The number of aromatic nitrogens is 1. The van der Waals surface area contributed by atoms with Gasteiger partial charge in [-0.1, -0.05) is 11.5 Å². The number of methoxy groups -OCH3 is 2. The number of rotatable bonds is 3. The average Bonchev–Trinajstić information content (AvgIpc) is 3.01. The van der Waals surface area contributed by atoms with E-state index >= 15 is 0 Å². The Morgan fingerprint density at radius 3 is 2.42 bits per heavy atom. The second-order valence-corrected chi connectivity index (χ2v) is 6.27. The lowest BCUT2D eigenvalue weighted by Crippen LogP contribution is -1.95. The summed E-state index contributed by atoms with van der Waals surface area (Å²) in [5.41, 5.74) is 0.668. The molecule has 0 aliphatic heterocycles. The summed E-state index contributed by atoms with van der Waals surface area (Å²) in [7, 11) is 3.22. The number of hydrogen-bond donors (Lipinski definition) is 1. The molecule has 2 aromatic carbocycles. The minimum Gasteiger partial charge on any atom is -0.497 e. The fraction of sp³-hybridized carbons (Fsp3) is 0.176. The van der Waals surface area contributed by atoms with Crippen LogP contribution in [0.2, 0.25) is 0 Å². The zero-order valence-corrected chi connectivity index (χ0v) is 15.1. The van der Waals surface area contributed by atoms with Crippen LogP contribution in [0.1, 0.15) is 5.56 Å². The van der Waals surface area contributed by atoms with Crippen molar-refractivity contribution >= 4 is 33.4 Å². The lowest BCUT2D eigenvalue weighted by Gasteiger charge is -2.02. The van der Waals surface area contributed by atoms with Gasteiger partial charge in [0.1, 0.15) is 17.6 Å². The summed E-state index contributed by atoms with van der Waals surface area (Å²) >= 11 is 2.87. The minimum absolute atomic E-state index is 0.0300. The van der Waals surface area contributed by atoms with E-state index in [1.807, 2.05) is 18.4 Å². The van der Waals surface area contributed by atoms with E-state index in [2.05, 4.69) is 10.4 Å². The summed E-state index contributed by atoms with van der Waals surface area (Å²) in [5.74, 6) is 1.57. The van der Waals surface area contributed by atoms with E-state index in [0.29, 0.717) is 5.56 Å². The monoisotopic (exact) mass is 360 g/mol. The maximum absolute atomic E-state index is 11.1. The Bertz CT molecular complexity index is 925.